The van der Waals surface area contributed by atoms with Crippen molar-refractivity contribution in [3.8, 4) is 57.0 Å². The molecule has 0 radical (unpaired) electrons. The number of rotatable bonds is 15. The van der Waals surface area contributed by atoms with Gasteiger partial charge in [0.25, 0.3) is 0 Å². The van der Waals surface area contributed by atoms with Crippen LogP contribution in [0.25, 0.3) is 22.5 Å². The highest BCUT2D eigenvalue weighted by Gasteiger charge is 2.27. The number of carbonyl (C=O) groups is 3. The van der Waals surface area contributed by atoms with E-state index in [1.807, 2.05) is 60.6 Å². The molecule has 0 saturated carbocycles. The molecule has 15 nitrogen and oxygen atoms in total. The van der Waals surface area contributed by atoms with Gasteiger partial charge in [-0.15, -0.1) is 0 Å². The van der Waals surface area contributed by atoms with Crippen molar-refractivity contribution in [3.05, 3.63) is 84.2 Å². The number of piperidine rings is 1. The molecule has 5 rings (SSSR count). The van der Waals surface area contributed by atoms with Crippen LogP contribution >= 0.6 is 0 Å². The minimum Gasteiger partial charge on any atom is -0.493 e. The summed E-state index contributed by atoms with van der Waals surface area (Å²) in [5.74, 6) is 0.976. The molecule has 298 valence electrons. The molecule has 1 aliphatic heterocycles. The highest BCUT2D eigenvalue weighted by atomic mass is 16.5. The summed E-state index contributed by atoms with van der Waals surface area (Å²) in [6.45, 7) is 2.94. The number of aromatic nitrogens is 2. The number of likely N-dealkylation sites (tertiary alicyclic amines) is 1. The van der Waals surface area contributed by atoms with E-state index < -0.39 is 11.9 Å². The molecule has 0 spiro atoms. The highest BCUT2D eigenvalue weighted by Crippen LogP contribution is 2.42. The van der Waals surface area contributed by atoms with Crippen LogP contribution in [0.2, 0.25) is 0 Å². The van der Waals surface area contributed by atoms with E-state index in [0.29, 0.717) is 53.2 Å². The van der Waals surface area contributed by atoms with Gasteiger partial charge in [0.2, 0.25) is 17.4 Å². The van der Waals surface area contributed by atoms with Crippen molar-refractivity contribution in [1.82, 2.24) is 19.8 Å². The van der Waals surface area contributed by atoms with E-state index in [1.54, 1.807) is 48.9 Å². The number of aliphatic carboxylic acids is 2. The van der Waals surface area contributed by atoms with Crippen molar-refractivity contribution in [1.29, 1.82) is 0 Å². The Morgan fingerprint density at radius 1 is 0.679 bits per heavy atom. The summed E-state index contributed by atoms with van der Waals surface area (Å²) in [6, 6.07) is 15.6. The van der Waals surface area contributed by atoms with Crippen molar-refractivity contribution in [2.24, 2.45) is 5.92 Å². The fraction of sp³-hybridized carbons (Fsp3) is 0.341. The van der Waals surface area contributed by atoms with Crippen LogP contribution < -0.4 is 28.4 Å². The molecule has 2 N–H and O–H groups in total. The maximum Gasteiger partial charge on any atom is 0.328 e. The SMILES string of the molecule is COc1cc(-c2cc(CN3CCC(C(=O)N(C)Cc4ccnc(-c5cc(OC)c(OC)c(OC)c5)c4)CC3)ccn2)cc(OC)c1OC.O=C(O)/C=C\C(=O)O. The van der Waals surface area contributed by atoms with E-state index in [-0.39, 0.29) is 11.8 Å². The maximum absolute atomic E-state index is 13.5. The first-order valence-corrected chi connectivity index (χ1v) is 17.6. The second kappa shape index (κ2) is 20.4. The van der Waals surface area contributed by atoms with Crippen LogP contribution in [0.1, 0.15) is 24.0 Å². The van der Waals surface area contributed by atoms with Crippen molar-refractivity contribution in [2.75, 3.05) is 62.8 Å². The zero-order valence-electron chi connectivity index (χ0n) is 32.6. The normalized spacial score (nSPS) is 12.9. The number of hydrogen-bond acceptors (Lipinski definition) is 12. The molecule has 0 unspecified atom stereocenters. The van der Waals surface area contributed by atoms with Crippen molar-refractivity contribution < 1.29 is 53.0 Å². The summed E-state index contributed by atoms with van der Waals surface area (Å²) in [7, 11) is 11.4. The Hall–Kier alpha value is -6.35. The molecule has 0 bridgehead atoms. The number of carboxylic acids is 2. The van der Waals surface area contributed by atoms with Gasteiger partial charge in [0.1, 0.15) is 0 Å². The summed E-state index contributed by atoms with van der Waals surface area (Å²) < 4.78 is 33.0. The molecule has 1 aliphatic rings. The van der Waals surface area contributed by atoms with Gasteiger partial charge in [-0.2, -0.15) is 0 Å². The Morgan fingerprint density at radius 2 is 1.09 bits per heavy atom. The molecule has 0 aliphatic carbocycles. The smallest absolute Gasteiger partial charge is 0.328 e. The summed E-state index contributed by atoms with van der Waals surface area (Å²) in [6.07, 6.45) is 6.31. The van der Waals surface area contributed by atoms with Crippen molar-refractivity contribution >= 4 is 17.8 Å². The quantitative estimate of drug-likeness (QED) is 0.146. The number of hydrogen-bond donors (Lipinski definition) is 2. The fourth-order valence-electron chi connectivity index (χ4n) is 6.32. The molecule has 0 atom stereocenters. The maximum atomic E-state index is 13.5. The monoisotopic (exact) mass is 772 g/mol. The average Bonchev–Trinajstić information content (AvgIpc) is 3.22. The van der Waals surface area contributed by atoms with Crippen LogP contribution in [-0.2, 0) is 27.5 Å². The van der Waals surface area contributed by atoms with E-state index in [9.17, 15) is 14.4 Å². The van der Waals surface area contributed by atoms with Gasteiger partial charge < -0.3 is 43.5 Å². The van der Waals surface area contributed by atoms with E-state index in [0.717, 1.165) is 66.1 Å². The number of nitrogens with zero attached hydrogens (tertiary/aromatic N) is 4. The predicted octanol–water partition coefficient (Wildman–Crippen LogP) is 5.44. The summed E-state index contributed by atoms with van der Waals surface area (Å²) >= 11 is 0. The fourth-order valence-corrected chi connectivity index (χ4v) is 6.32. The predicted molar refractivity (Wildman–Crippen MR) is 208 cm³/mol. The number of carbonyl (C=O) groups excluding carboxylic acids is 1. The molecule has 1 fully saturated rings. The minimum absolute atomic E-state index is 0.0186. The number of benzene rings is 2. The van der Waals surface area contributed by atoms with Crippen LogP contribution in [0.15, 0.2) is 73.1 Å². The van der Waals surface area contributed by atoms with Crippen LogP contribution in [0.3, 0.4) is 0 Å². The van der Waals surface area contributed by atoms with Crippen molar-refractivity contribution in [2.45, 2.75) is 25.9 Å². The number of amides is 1. The molecule has 56 heavy (non-hydrogen) atoms. The molecule has 4 aromatic rings. The number of carboxylic acid groups (broad SMARTS) is 2. The number of methoxy groups -OCH3 is 6. The minimum atomic E-state index is -1.26. The van der Waals surface area contributed by atoms with Gasteiger partial charge in [-0.25, -0.2) is 9.59 Å². The van der Waals surface area contributed by atoms with E-state index >= 15 is 0 Å². The van der Waals surface area contributed by atoms with E-state index in [1.165, 1.54) is 0 Å². The third-order valence-corrected chi connectivity index (χ3v) is 9.08. The third kappa shape index (κ3) is 11.1. The lowest BCUT2D eigenvalue weighted by molar-refractivity contribution is -0.136. The first-order chi connectivity index (χ1) is 26.9. The summed E-state index contributed by atoms with van der Waals surface area (Å²) in [5.41, 5.74) is 5.42. The zero-order chi connectivity index (χ0) is 40.8. The lowest BCUT2D eigenvalue weighted by atomic mass is 9.94. The second-order valence-electron chi connectivity index (χ2n) is 12.7. The van der Waals surface area contributed by atoms with Crippen LogP contribution in [-0.4, -0.2) is 111 Å². The summed E-state index contributed by atoms with van der Waals surface area (Å²) in [5, 5.41) is 15.6. The molecule has 2 aromatic heterocycles. The van der Waals surface area contributed by atoms with Crippen LogP contribution in [0, 0.1) is 5.92 Å². The molecular weight excluding hydrogens is 724 g/mol. The highest BCUT2D eigenvalue weighted by molar-refractivity contribution is 5.89. The molecule has 1 saturated heterocycles. The van der Waals surface area contributed by atoms with Crippen molar-refractivity contribution in [3.63, 3.8) is 0 Å². The van der Waals surface area contributed by atoms with Gasteiger partial charge in [0.05, 0.1) is 54.0 Å². The average molecular weight is 773 g/mol. The number of ether oxygens (including phenoxy) is 6. The Labute approximate surface area is 326 Å². The molecule has 2 aromatic carbocycles. The zero-order valence-corrected chi connectivity index (χ0v) is 32.6. The standard InChI is InChI=1S/C37H44N4O7.C4H4O4/c1-40(22-24-8-12-38-29(16-24)27-18-31(43-2)35(47-6)32(19-27)44-3)37(42)26-10-14-41(15-11-26)23-25-9-13-39-30(17-25)28-20-33(45-4)36(48-7)34(21-28)46-5;5-3(6)1-2-4(7)8/h8-9,12-13,16-21,26H,10-11,14-15,22-23H2,1-7H3;1-2H,(H,5,6)(H,7,8)/b;2-1-. The summed E-state index contributed by atoms with van der Waals surface area (Å²) in [4.78, 5) is 46.0. The van der Waals surface area contributed by atoms with Gasteiger partial charge >= 0.3 is 11.9 Å². The van der Waals surface area contributed by atoms with Gasteiger partial charge in [0, 0.05) is 61.7 Å². The molecule has 1 amide bonds. The number of pyridine rings is 2. The topological polar surface area (TPSA) is 179 Å². The molecule has 3 heterocycles. The Bertz CT molecular complexity index is 1950. The van der Waals surface area contributed by atoms with Gasteiger partial charge in [-0.05, 0) is 85.6 Å². The largest absolute Gasteiger partial charge is 0.493 e. The molecular formula is C41H48N4O11. The molecule has 15 heteroatoms. The first kappa shape index (κ1) is 42.4. The Kier molecular flexibility index (Phi) is 15.4. The Balaban J connectivity index is 0.000000784. The lowest BCUT2D eigenvalue weighted by Gasteiger charge is -2.33. The lowest BCUT2D eigenvalue weighted by Crippen LogP contribution is -2.40. The third-order valence-electron chi connectivity index (χ3n) is 9.08. The van der Waals surface area contributed by atoms with Crippen LogP contribution in [0.5, 0.6) is 34.5 Å². The first-order valence-electron chi connectivity index (χ1n) is 17.6. The van der Waals surface area contributed by atoms with Gasteiger partial charge in [0.15, 0.2) is 23.0 Å². The van der Waals surface area contributed by atoms with Crippen LogP contribution in [0.4, 0.5) is 0 Å². The van der Waals surface area contributed by atoms with Gasteiger partial charge in [-0.3, -0.25) is 19.7 Å². The van der Waals surface area contributed by atoms with E-state index in [4.69, 9.17) is 38.6 Å². The van der Waals surface area contributed by atoms with E-state index in [2.05, 4.69) is 20.9 Å². The van der Waals surface area contributed by atoms with Gasteiger partial charge in [-0.1, -0.05) is 0 Å². The Morgan fingerprint density at radius 3 is 1.48 bits per heavy atom. The second-order valence-corrected chi connectivity index (χ2v) is 12.7.